The fraction of sp³-hybridized carbons (Fsp3) is 0.526. The minimum absolute atomic E-state index is 0.109. The van der Waals surface area contributed by atoms with Crippen LogP contribution in [-0.2, 0) is 6.54 Å². The minimum atomic E-state index is -2.67. The van der Waals surface area contributed by atoms with Crippen LogP contribution in [0.5, 0.6) is 0 Å². The number of piperidine rings is 1. The molecule has 2 aliphatic heterocycles. The fourth-order valence-electron chi connectivity index (χ4n) is 4.16. The monoisotopic (exact) mass is 359 g/mol. The van der Waals surface area contributed by atoms with Crippen molar-refractivity contribution < 1.29 is 8.78 Å². The van der Waals surface area contributed by atoms with Gasteiger partial charge in [0.15, 0.2) is 0 Å². The molecule has 138 valence electrons. The van der Waals surface area contributed by atoms with Gasteiger partial charge in [0.25, 0.3) is 5.92 Å². The number of aromatic nitrogens is 3. The summed E-state index contributed by atoms with van der Waals surface area (Å²) < 4.78 is 29.8. The molecule has 0 saturated carbocycles. The van der Waals surface area contributed by atoms with Crippen LogP contribution in [0.25, 0.3) is 0 Å². The Kier molecular flexibility index (Phi) is 4.34. The summed E-state index contributed by atoms with van der Waals surface area (Å²) in [5.41, 5.74) is 0.841. The Balaban J connectivity index is 1.52. The van der Waals surface area contributed by atoms with Gasteiger partial charge in [0.2, 0.25) is 5.95 Å². The van der Waals surface area contributed by atoms with Crippen molar-refractivity contribution in [3.8, 4) is 0 Å². The molecule has 5 nitrogen and oxygen atoms in total. The summed E-state index contributed by atoms with van der Waals surface area (Å²) in [4.78, 5) is 17.0. The van der Waals surface area contributed by atoms with Gasteiger partial charge in [-0.1, -0.05) is 6.07 Å². The molecule has 2 aromatic heterocycles. The largest absolute Gasteiger partial charge is 0.340 e. The first-order chi connectivity index (χ1) is 12.5. The number of alkyl halides is 2. The van der Waals surface area contributed by atoms with Crippen molar-refractivity contribution >= 4 is 5.95 Å². The number of rotatable bonds is 3. The maximum atomic E-state index is 14.9. The lowest BCUT2D eigenvalue weighted by Gasteiger charge is -2.45. The van der Waals surface area contributed by atoms with E-state index in [-0.39, 0.29) is 6.42 Å². The zero-order valence-electron chi connectivity index (χ0n) is 14.9. The van der Waals surface area contributed by atoms with E-state index in [0.29, 0.717) is 45.1 Å². The summed E-state index contributed by atoms with van der Waals surface area (Å²) >= 11 is 0. The summed E-state index contributed by atoms with van der Waals surface area (Å²) in [7, 11) is 0. The summed E-state index contributed by atoms with van der Waals surface area (Å²) in [6, 6.07) is 7.62. The second-order valence-corrected chi connectivity index (χ2v) is 7.44. The molecule has 4 heterocycles. The maximum absolute atomic E-state index is 14.9. The van der Waals surface area contributed by atoms with Gasteiger partial charge in [-0.2, -0.15) is 0 Å². The Hall–Kier alpha value is -2.15. The molecule has 2 saturated heterocycles. The van der Waals surface area contributed by atoms with E-state index in [1.54, 1.807) is 18.5 Å². The Bertz CT molecular complexity index is 770. The normalized spacial score (nSPS) is 25.7. The molecule has 7 heteroatoms. The van der Waals surface area contributed by atoms with Crippen molar-refractivity contribution in [3.63, 3.8) is 0 Å². The van der Waals surface area contributed by atoms with Crippen LogP contribution in [0.2, 0.25) is 0 Å². The van der Waals surface area contributed by atoms with Crippen LogP contribution in [0.3, 0.4) is 0 Å². The number of pyridine rings is 1. The van der Waals surface area contributed by atoms with E-state index >= 15 is 0 Å². The van der Waals surface area contributed by atoms with E-state index in [2.05, 4.69) is 19.9 Å². The van der Waals surface area contributed by atoms with E-state index in [0.717, 1.165) is 11.4 Å². The molecular formula is C19H23F2N5. The highest BCUT2D eigenvalue weighted by Gasteiger charge is 2.59. The average molecular weight is 359 g/mol. The molecule has 1 spiro atoms. The molecule has 2 fully saturated rings. The topological polar surface area (TPSA) is 45.2 Å². The van der Waals surface area contributed by atoms with E-state index in [9.17, 15) is 8.78 Å². The van der Waals surface area contributed by atoms with Crippen molar-refractivity contribution in [2.24, 2.45) is 5.41 Å². The molecule has 0 bridgehead atoms. The number of anilines is 1. The number of nitrogens with zero attached hydrogens (tertiary/aromatic N) is 5. The Morgan fingerprint density at radius 3 is 2.62 bits per heavy atom. The molecule has 0 aliphatic carbocycles. The molecule has 26 heavy (non-hydrogen) atoms. The second-order valence-electron chi connectivity index (χ2n) is 7.44. The van der Waals surface area contributed by atoms with Crippen LogP contribution in [-0.4, -0.2) is 52.0 Å². The summed E-state index contributed by atoms with van der Waals surface area (Å²) in [5, 5.41) is 0. The molecule has 2 aliphatic rings. The fourth-order valence-corrected chi connectivity index (χ4v) is 4.16. The van der Waals surface area contributed by atoms with Crippen molar-refractivity contribution in [1.29, 1.82) is 0 Å². The van der Waals surface area contributed by atoms with Crippen molar-refractivity contribution in [1.82, 2.24) is 19.9 Å². The molecule has 4 rings (SSSR count). The van der Waals surface area contributed by atoms with Gasteiger partial charge in [-0.3, -0.25) is 9.88 Å². The molecular weight excluding hydrogens is 336 g/mol. The van der Waals surface area contributed by atoms with Crippen LogP contribution in [0, 0.1) is 12.3 Å². The summed E-state index contributed by atoms with van der Waals surface area (Å²) in [6.45, 7) is 4.19. The van der Waals surface area contributed by atoms with Gasteiger partial charge in [-0.15, -0.1) is 0 Å². The van der Waals surface area contributed by atoms with E-state index in [1.165, 1.54) is 0 Å². The first kappa shape index (κ1) is 17.3. The van der Waals surface area contributed by atoms with Crippen molar-refractivity contribution in [2.45, 2.75) is 32.2 Å². The lowest BCUT2D eigenvalue weighted by atomic mass is 9.75. The van der Waals surface area contributed by atoms with Crippen molar-refractivity contribution in [2.75, 3.05) is 31.1 Å². The van der Waals surface area contributed by atoms with Crippen LogP contribution >= 0.6 is 0 Å². The first-order valence-corrected chi connectivity index (χ1v) is 9.02. The zero-order chi connectivity index (χ0) is 18.2. The van der Waals surface area contributed by atoms with Crippen LogP contribution in [0.4, 0.5) is 14.7 Å². The number of aryl methyl sites for hydroxylation is 1. The van der Waals surface area contributed by atoms with Crippen LogP contribution in [0.15, 0.2) is 36.7 Å². The summed E-state index contributed by atoms with van der Waals surface area (Å²) in [6.07, 6.45) is 3.66. The molecule has 0 N–H and O–H groups in total. The zero-order valence-corrected chi connectivity index (χ0v) is 14.9. The van der Waals surface area contributed by atoms with E-state index in [1.807, 2.05) is 30.0 Å². The molecule has 2 aromatic rings. The minimum Gasteiger partial charge on any atom is -0.340 e. The lowest BCUT2D eigenvalue weighted by molar-refractivity contribution is -0.159. The number of likely N-dealkylation sites (tertiary alicyclic amines) is 1. The third kappa shape index (κ3) is 3.16. The number of hydrogen-bond donors (Lipinski definition) is 0. The molecule has 1 unspecified atom stereocenters. The van der Waals surface area contributed by atoms with Gasteiger partial charge in [-0.25, -0.2) is 18.7 Å². The molecule has 0 radical (unpaired) electrons. The van der Waals surface area contributed by atoms with Gasteiger partial charge in [0, 0.05) is 57.2 Å². The Morgan fingerprint density at radius 2 is 1.85 bits per heavy atom. The van der Waals surface area contributed by atoms with Gasteiger partial charge in [0.1, 0.15) is 0 Å². The van der Waals surface area contributed by atoms with Gasteiger partial charge >= 0.3 is 0 Å². The lowest BCUT2D eigenvalue weighted by Crippen LogP contribution is -2.56. The third-order valence-electron chi connectivity index (χ3n) is 5.56. The second kappa shape index (κ2) is 6.54. The van der Waals surface area contributed by atoms with Gasteiger partial charge in [-0.05, 0) is 31.5 Å². The van der Waals surface area contributed by atoms with Crippen LogP contribution < -0.4 is 4.90 Å². The Labute approximate surface area is 152 Å². The first-order valence-electron chi connectivity index (χ1n) is 9.02. The predicted octanol–water partition coefficient (Wildman–Crippen LogP) is 2.92. The number of halogens is 2. The maximum Gasteiger partial charge on any atom is 0.257 e. The quantitative estimate of drug-likeness (QED) is 0.843. The summed E-state index contributed by atoms with van der Waals surface area (Å²) in [5.74, 6) is -2.13. The van der Waals surface area contributed by atoms with E-state index < -0.39 is 11.3 Å². The molecule has 0 aromatic carbocycles. The van der Waals surface area contributed by atoms with Gasteiger partial charge in [0.05, 0.1) is 11.1 Å². The van der Waals surface area contributed by atoms with Crippen LogP contribution in [0.1, 0.15) is 24.2 Å². The third-order valence-corrected chi connectivity index (χ3v) is 5.56. The standard InChI is InChI=1S/C19H23F2N5/c1-15-4-2-5-16(24-15)12-25-10-7-19(20,21)18(13-25)6-11-26(14-18)17-22-8-3-9-23-17/h2-5,8-9H,6-7,10-14H2,1H3. The Morgan fingerprint density at radius 1 is 1.04 bits per heavy atom. The van der Waals surface area contributed by atoms with Gasteiger partial charge < -0.3 is 4.90 Å². The van der Waals surface area contributed by atoms with Crippen molar-refractivity contribution in [3.05, 3.63) is 48.0 Å². The smallest absolute Gasteiger partial charge is 0.257 e. The number of hydrogen-bond acceptors (Lipinski definition) is 5. The molecule has 0 amide bonds. The average Bonchev–Trinajstić information content (AvgIpc) is 3.05. The highest BCUT2D eigenvalue weighted by Crippen LogP contribution is 2.50. The highest BCUT2D eigenvalue weighted by atomic mass is 19.3. The van der Waals surface area contributed by atoms with E-state index in [4.69, 9.17) is 0 Å². The molecule has 1 atom stereocenters. The predicted molar refractivity (Wildman–Crippen MR) is 95.1 cm³/mol. The highest BCUT2D eigenvalue weighted by molar-refractivity contribution is 5.33. The SMILES string of the molecule is Cc1cccc(CN2CCC(F)(F)C3(CCN(c4ncccn4)C3)C2)n1.